The van der Waals surface area contributed by atoms with Gasteiger partial charge in [-0.15, -0.1) is 0 Å². The van der Waals surface area contributed by atoms with E-state index in [2.05, 4.69) is 0 Å². The number of hydrogen-bond donors (Lipinski definition) is 2. The zero-order chi connectivity index (χ0) is 18.2. The van der Waals surface area contributed by atoms with Crippen LogP contribution in [-0.4, -0.2) is 25.8 Å². The SMILES string of the molecule is Cc1cc(O)c([N+](=O)[O-])cc1C(=O)c1cc([N+](=O)[O-])c(O)cc1C. The number of nitro groups is 2. The Bertz CT molecular complexity index is 818. The Morgan fingerprint density at radius 1 is 0.833 bits per heavy atom. The van der Waals surface area contributed by atoms with Gasteiger partial charge in [-0.05, 0) is 37.1 Å². The first-order chi connectivity index (χ1) is 11.1. The first-order valence-corrected chi connectivity index (χ1v) is 6.64. The highest BCUT2D eigenvalue weighted by atomic mass is 16.6. The average Bonchev–Trinajstić information content (AvgIpc) is 2.45. The lowest BCUT2D eigenvalue weighted by Gasteiger charge is -2.09. The van der Waals surface area contributed by atoms with Gasteiger partial charge in [-0.2, -0.15) is 0 Å². The fourth-order valence-electron chi connectivity index (χ4n) is 2.29. The highest BCUT2D eigenvalue weighted by Gasteiger charge is 2.24. The standard InChI is InChI=1S/C15H12N2O7/c1-7-3-13(18)11(16(21)22)5-9(7)15(20)10-6-12(17(23)24)14(19)4-8(10)2/h3-6,18-19H,1-2H3. The first kappa shape index (κ1) is 16.9. The minimum absolute atomic E-state index is 0.0670. The van der Waals surface area contributed by atoms with Crippen molar-refractivity contribution in [2.24, 2.45) is 0 Å². The van der Waals surface area contributed by atoms with Crippen molar-refractivity contribution in [3.05, 3.63) is 66.7 Å². The molecule has 0 atom stereocenters. The molecule has 0 saturated carbocycles. The fourth-order valence-corrected chi connectivity index (χ4v) is 2.29. The Morgan fingerprint density at radius 3 is 1.46 bits per heavy atom. The van der Waals surface area contributed by atoms with Gasteiger partial charge in [0.2, 0.25) is 0 Å². The van der Waals surface area contributed by atoms with E-state index in [1.807, 2.05) is 0 Å². The van der Waals surface area contributed by atoms with Crippen LogP contribution in [0.5, 0.6) is 11.5 Å². The van der Waals surface area contributed by atoms with Crippen molar-refractivity contribution in [2.45, 2.75) is 13.8 Å². The van der Waals surface area contributed by atoms with Crippen molar-refractivity contribution in [3.8, 4) is 11.5 Å². The number of rotatable bonds is 4. The molecule has 0 spiro atoms. The number of ketones is 1. The second-order valence-electron chi connectivity index (χ2n) is 5.16. The molecule has 0 aliphatic carbocycles. The molecule has 2 aromatic carbocycles. The zero-order valence-corrected chi connectivity index (χ0v) is 12.6. The van der Waals surface area contributed by atoms with Gasteiger partial charge in [-0.1, -0.05) is 0 Å². The van der Waals surface area contributed by atoms with E-state index in [1.165, 1.54) is 13.8 Å². The average molecular weight is 332 g/mol. The Hall–Kier alpha value is -3.49. The van der Waals surface area contributed by atoms with Crippen molar-refractivity contribution < 1.29 is 24.9 Å². The van der Waals surface area contributed by atoms with E-state index in [0.717, 1.165) is 24.3 Å². The summed E-state index contributed by atoms with van der Waals surface area (Å²) in [5.74, 6) is -1.85. The molecule has 0 fully saturated rings. The summed E-state index contributed by atoms with van der Waals surface area (Å²) >= 11 is 0. The number of hydrogen-bond acceptors (Lipinski definition) is 7. The number of aromatic hydroxyl groups is 2. The first-order valence-electron chi connectivity index (χ1n) is 6.64. The number of carbonyl (C=O) groups excluding carboxylic acids is 1. The van der Waals surface area contributed by atoms with E-state index in [0.29, 0.717) is 0 Å². The van der Waals surface area contributed by atoms with E-state index < -0.39 is 38.5 Å². The van der Waals surface area contributed by atoms with Gasteiger partial charge in [0, 0.05) is 23.3 Å². The molecule has 24 heavy (non-hydrogen) atoms. The number of phenols is 2. The van der Waals surface area contributed by atoms with Gasteiger partial charge in [0.1, 0.15) is 0 Å². The molecule has 0 saturated heterocycles. The minimum atomic E-state index is -0.836. The van der Waals surface area contributed by atoms with Crippen LogP contribution in [0.1, 0.15) is 27.0 Å². The van der Waals surface area contributed by atoms with Gasteiger partial charge in [0.05, 0.1) is 9.85 Å². The van der Waals surface area contributed by atoms with E-state index >= 15 is 0 Å². The van der Waals surface area contributed by atoms with Crippen LogP contribution < -0.4 is 0 Å². The predicted molar refractivity (Wildman–Crippen MR) is 82.4 cm³/mol. The number of benzene rings is 2. The molecule has 2 N–H and O–H groups in total. The largest absolute Gasteiger partial charge is 0.502 e. The van der Waals surface area contributed by atoms with Crippen LogP contribution in [0.2, 0.25) is 0 Å². The third kappa shape index (κ3) is 2.86. The normalized spacial score (nSPS) is 10.4. The smallest absolute Gasteiger partial charge is 0.311 e. The lowest BCUT2D eigenvalue weighted by molar-refractivity contribution is -0.386. The van der Waals surface area contributed by atoms with Crippen LogP contribution in [-0.2, 0) is 0 Å². The Kier molecular flexibility index (Phi) is 4.19. The van der Waals surface area contributed by atoms with Gasteiger partial charge >= 0.3 is 11.4 Å². The number of nitrogens with zero attached hydrogens (tertiary/aromatic N) is 2. The molecular formula is C15H12N2O7. The third-order valence-electron chi connectivity index (χ3n) is 3.53. The molecule has 0 aliphatic rings. The molecule has 0 amide bonds. The summed E-state index contributed by atoms with van der Waals surface area (Å²) in [5.41, 5.74) is -0.869. The van der Waals surface area contributed by atoms with Crippen LogP contribution in [0.15, 0.2) is 24.3 Å². The monoisotopic (exact) mass is 332 g/mol. The summed E-state index contributed by atoms with van der Waals surface area (Å²) in [6, 6.07) is 4.00. The second kappa shape index (κ2) is 5.95. The van der Waals surface area contributed by atoms with Gasteiger partial charge in [0.15, 0.2) is 17.3 Å². The Balaban J connectivity index is 2.65. The van der Waals surface area contributed by atoms with Crippen LogP contribution in [0.3, 0.4) is 0 Å². The van der Waals surface area contributed by atoms with Crippen molar-refractivity contribution in [3.63, 3.8) is 0 Å². The summed E-state index contributed by atoms with van der Waals surface area (Å²) in [5, 5.41) is 41.0. The number of carbonyl (C=O) groups is 1. The summed E-state index contributed by atoms with van der Waals surface area (Å²) < 4.78 is 0. The van der Waals surface area contributed by atoms with E-state index in [1.54, 1.807) is 0 Å². The topological polar surface area (TPSA) is 144 Å². The highest BCUT2D eigenvalue weighted by Crippen LogP contribution is 2.33. The quantitative estimate of drug-likeness (QED) is 0.497. The Morgan fingerprint density at radius 2 is 1.17 bits per heavy atom. The van der Waals surface area contributed by atoms with Crippen molar-refractivity contribution in [1.29, 1.82) is 0 Å². The number of aryl methyl sites for hydroxylation is 2. The molecule has 0 bridgehead atoms. The minimum Gasteiger partial charge on any atom is -0.502 e. The highest BCUT2D eigenvalue weighted by molar-refractivity contribution is 6.11. The van der Waals surface area contributed by atoms with Crippen LogP contribution in [0, 0.1) is 34.1 Å². The van der Waals surface area contributed by atoms with Crippen LogP contribution in [0.25, 0.3) is 0 Å². The summed E-state index contributed by atoms with van der Waals surface area (Å²) in [4.78, 5) is 32.8. The third-order valence-corrected chi connectivity index (χ3v) is 3.53. The van der Waals surface area contributed by atoms with Crippen molar-refractivity contribution in [1.82, 2.24) is 0 Å². The molecule has 0 aliphatic heterocycles. The molecule has 0 heterocycles. The molecule has 9 heteroatoms. The number of nitro benzene ring substituents is 2. The van der Waals surface area contributed by atoms with E-state index in [-0.39, 0.29) is 22.3 Å². The maximum atomic E-state index is 12.7. The molecule has 124 valence electrons. The zero-order valence-electron chi connectivity index (χ0n) is 12.6. The van der Waals surface area contributed by atoms with Crippen molar-refractivity contribution in [2.75, 3.05) is 0 Å². The fraction of sp³-hybridized carbons (Fsp3) is 0.133. The molecule has 9 nitrogen and oxygen atoms in total. The van der Waals surface area contributed by atoms with E-state index in [4.69, 9.17) is 0 Å². The maximum Gasteiger partial charge on any atom is 0.311 e. The second-order valence-corrected chi connectivity index (χ2v) is 5.16. The Labute approximate surface area is 135 Å². The molecule has 0 unspecified atom stereocenters. The predicted octanol–water partition coefficient (Wildman–Crippen LogP) is 2.76. The lowest BCUT2D eigenvalue weighted by Crippen LogP contribution is -2.08. The van der Waals surface area contributed by atoms with Crippen molar-refractivity contribution >= 4 is 17.2 Å². The lowest BCUT2D eigenvalue weighted by atomic mass is 9.94. The summed E-state index contributed by atoms with van der Waals surface area (Å²) in [6.45, 7) is 2.95. The molecular weight excluding hydrogens is 320 g/mol. The van der Waals surface area contributed by atoms with Gasteiger partial charge in [-0.25, -0.2) is 0 Å². The molecule has 2 rings (SSSR count). The van der Waals surface area contributed by atoms with E-state index in [9.17, 15) is 35.2 Å². The van der Waals surface area contributed by atoms with Gasteiger partial charge in [0.25, 0.3) is 0 Å². The van der Waals surface area contributed by atoms with Gasteiger partial charge in [-0.3, -0.25) is 25.0 Å². The molecule has 0 aromatic heterocycles. The van der Waals surface area contributed by atoms with Crippen LogP contribution >= 0.6 is 0 Å². The van der Waals surface area contributed by atoms with Crippen LogP contribution in [0.4, 0.5) is 11.4 Å². The molecule has 2 aromatic rings. The maximum absolute atomic E-state index is 12.7. The summed E-state index contributed by atoms with van der Waals surface area (Å²) in [7, 11) is 0. The number of phenolic OH excluding ortho intramolecular Hbond substituents is 2. The van der Waals surface area contributed by atoms with Gasteiger partial charge < -0.3 is 10.2 Å². The molecule has 0 radical (unpaired) electrons. The summed E-state index contributed by atoms with van der Waals surface area (Å²) in [6.07, 6.45) is 0.